The van der Waals surface area contributed by atoms with Crippen molar-refractivity contribution in [2.24, 2.45) is 4.99 Å². The standard InChI is InChI=1S/C24H22BrClN2O2/c1-14-3-5-15(6-4-14)20-13-21(18-12-17(26)8-9-22(18)29)28-24(27-20)16-7-10-23(30-2)19(25)11-16/h3-12,21,24,28-29H,13H2,1-2H3/t21-,24+/m0/s1. The van der Waals surface area contributed by atoms with Gasteiger partial charge in [-0.15, -0.1) is 0 Å². The molecule has 0 unspecified atom stereocenters. The fourth-order valence-corrected chi connectivity index (χ4v) is 4.39. The lowest BCUT2D eigenvalue weighted by atomic mass is 9.93. The van der Waals surface area contributed by atoms with Crippen molar-refractivity contribution in [3.05, 3.63) is 92.4 Å². The second-order valence-electron chi connectivity index (χ2n) is 7.36. The molecule has 0 radical (unpaired) electrons. The Labute approximate surface area is 189 Å². The lowest BCUT2D eigenvalue weighted by molar-refractivity contribution is 0.406. The predicted molar refractivity (Wildman–Crippen MR) is 125 cm³/mol. The van der Waals surface area contributed by atoms with Gasteiger partial charge < -0.3 is 9.84 Å². The zero-order valence-electron chi connectivity index (χ0n) is 16.7. The largest absolute Gasteiger partial charge is 0.508 e. The molecule has 6 heteroatoms. The Morgan fingerprint density at radius 1 is 1.10 bits per heavy atom. The van der Waals surface area contributed by atoms with Gasteiger partial charge in [-0.1, -0.05) is 47.5 Å². The maximum Gasteiger partial charge on any atom is 0.133 e. The number of ether oxygens (including phenoxy) is 1. The first-order chi connectivity index (χ1) is 14.4. The number of aliphatic imine (C=N–C) groups is 1. The molecule has 2 N–H and O–H groups in total. The molecule has 2 atom stereocenters. The zero-order valence-corrected chi connectivity index (χ0v) is 19.0. The highest BCUT2D eigenvalue weighted by molar-refractivity contribution is 9.10. The molecule has 1 aliphatic rings. The van der Waals surface area contributed by atoms with Crippen LogP contribution in [0.25, 0.3) is 0 Å². The van der Waals surface area contributed by atoms with Crippen LogP contribution in [0.2, 0.25) is 5.02 Å². The van der Waals surface area contributed by atoms with Gasteiger partial charge in [-0.3, -0.25) is 10.3 Å². The van der Waals surface area contributed by atoms with Gasteiger partial charge in [-0.2, -0.15) is 0 Å². The normalized spacial score (nSPS) is 18.7. The first-order valence-corrected chi connectivity index (χ1v) is 10.8. The minimum absolute atomic E-state index is 0.136. The molecule has 0 fully saturated rings. The van der Waals surface area contributed by atoms with Crippen molar-refractivity contribution in [3.63, 3.8) is 0 Å². The van der Waals surface area contributed by atoms with Crippen molar-refractivity contribution < 1.29 is 9.84 Å². The highest BCUT2D eigenvalue weighted by Gasteiger charge is 2.28. The quantitative estimate of drug-likeness (QED) is 0.453. The Morgan fingerprint density at radius 2 is 1.87 bits per heavy atom. The molecular formula is C24H22BrClN2O2. The minimum Gasteiger partial charge on any atom is -0.508 e. The van der Waals surface area contributed by atoms with Crippen molar-refractivity contribution in [2.45, 2.75) is 25.6 Å². The van der Waals surface area contributed by atoms with E-state index >= 15 is 0 Å². The summed E-state index contributed by atoms with van der Waals surface area (Å²) in [5.74, 6) is 0.984. The number of aromatic hydroxyl groups is 1. The van der Waals surface area contributed by atoms with Gasteiger partial charge in [0.05, 0.1) is 11.6 Å². The van der Waals surface area contributed by atoms with Crippen LogP contribution < -0.4 is 10.1 Å². The van der Waals surface area contributed by atoms with E-state index in [1.165, 1.54) is 5.56 Å². The molecule has 154 valence electrons. The molecule has 3 aromatic rings. The van der Waals surface area contributed by atoms with E-state index < -0.39 is 0 Å². The molecule has 0 amide bonds. The fraction of sp³-hybridized carbons (Fsp3) is 0.208. The Bertz CT molecular complexity index is 1100. The summed E-state index contributed by atoms with van der Waals surface area (Å²) in [6.07, 6.45) is 0.366. The number of methoxy groups -OCH3 is 1. The van der Waals surface area contributed by atoms with Crippen LogP contribution in [-0.2, 0) is 0 Å². The minimum atomic E-state index is -0.277. The number of nitrogens with one attached hydrogen (secondary N) is 1. The van der Waals surface area contributed by atoms with Crippen LogP contribution in [0.4, 0.5) is 0 Å². The van der Waals surface area contributed by atoms with Gasteiger partial charge in [0.15, 0.2) is 0 Å². The van der Waals surface area contributed by atoms with Crippen LogP contribution >= 0.6 is 27.5 Å². The van der Waals surface area contributed by atoms with Gasteiger partial charge >= 0.3 is 0 Å². The Balaban J connectivity index is 1.77. The summed E-state index contributed by atoms with van der Waals surface area (Å²) in [5.41, 5.74) is 5.02. The number of benzene rings is 3. The van der Waals surface area contributed by atoms with Crippen LogP contribution in [0.15, 0.2) is 70.1 Å². The first kappa shape index (κ1) is 20.9. The molecule has 30 heavy (non-hydrogen) atoms. The van der Waals surface area contributed by atoms with Gasteiger partial charge in [0.2, 0.25) is 0 Å². The van der Waals surface area contributed by atoms with E-state index in [9.17, 15) is 5.11 Å². The summed E-state index contributed by atoms with van der Waals surface area (Å²) in [6.45, 7) is 2.07. The maximum atomic E-state index is 10.5. The van der Waals surface area contributed by atoms with Crippen molar-refractivity contribution in [1.82, 2.24) is 5.32 Å². The lowest BCUT2D eigenvalue weighted by Crippen LogP contribution is -2.33. The molecule has 3 aromatic carbocycles. The fourth-order valence-electron chi connectivity index (χ4n) is 3.65. The second-order valence-corrected chi connectivity index (χ2v) is 8.66. The summed E-state index contributed by atoms with van der Waals surface area (Å²) < 4.78 is 6.22. The van der Waals surface area contributed by atoms with Gasteiger partial charge in [0, 0.05) is 28.8 Å². The van der Waals surface area contributed by atoms with Gasteiger partial charge in [-0.25, -0.2) is 0 Å². The summed E-state index contributed by atoms with van der Waals surface area (Å²) in [6, 6.07) is 19.3. The summed E-state index contributed by atoms with van der Waals surface area (Å²) in [5, 5.41) is 14.6. The number of aryl methyl sites for hydroxylation is 1. The molecule has 0 aliphatic carbocycles. The van der Waals surface area contributed by atoms with Crippen molar-refractivity contribution in [3.8, 4) is 11.5 Å². The van der Waals surface area contributed by atoms with Crippen molar-refractivity contribution in [1.29, 1.82) is 0 Å². The zero-order chi connectivity index (χ0) is 21.3. The molecule has 0 saturated heterocycles. The van der Waals surface area contributed by atoms with E-state index in [4.69, 9.17) is 21.3 Å². The predicted octanol–water partition coefficient (Wildman–Crippen LogP) is 6.35. The highest BCUT2D eigenvalue weighted by atomic mass is 79.9. The van der Waals surface area contributed by atoms with Crippen LogP contribution in [0.5, 0.6) is 11.5 Å². The lowest BCUT2D eigenvalue weighted by Gasteiger charge is -2.31. The van der Waals surface area contributed by atoms with E-state index in [1.54, 1.807) is 19.2 Å². The Morgan fingerprint density at radius 3 is 2.57 bits per heavy atom. The van der Waals surface area contributed by atoms with Gasteiger partial charge in [0.1, 0.15) is 17.7 Å². The van der Waals surface area contributed by atoms with Gasteiger partial charge in [0.25, 0.3) is 0 Å². The van der Waals surface area contributed by atoms with E-state index in [0.29, 0.717) is 11.4 Å². The van der Waals surface area contributed by atoms with Crippen molar-refractivity contribution in [2.75, 3.05) is 7.11 Å². The second kappa shape index (κ2) is 8.80. The Kier molecular flexibility index (Phi) is 6.14. The van der Waals surface area contributed by atoms with Crippen LogP contribution in [0, 0.1) is 6.92 Å². The SMILES string of the molecule is COc1ccc([C@@H]2N=C(c3ccc(C)cc3)C[C@@H](c3cc(Cl)ccc3O)N2)cc1Br. The molecule has 4 nitrogen and oxygen atoms in total. The molecule has 0 aromatic heterocycles. The third-order valence-electron chi connectivity index (χ3n) is 5.28. The molecule has 0 saturated carbocycles. The monoisotopic (exact) mass is 484 g/mol. The van der Waals surface area contributed by atoms with Crippen LogP contribution in [0.3, 0.4) is 0 Å². The van der Waals surface area contributed by atoms with Crippen LogP contribution in [0.1, 0.15) is 40.9 Å². The van der Waals surface area contributed by atoms with E-state index in [0.717, 1.165) is 32.6 Å². The number of phenols is 1. The molecule has 4 rings (SSSR count). The number of hydrogen-bond acceptors (Lipinski definition) is 4. The van der Waals surface area contributed by atoms with Crippen molar-refractivity contribution >= 4 is 33.2 Å². The van der Waals surface area contributed by atoms with E-state index in [2.05, 4.69) is 52.4 Å². The average Bonchev–Trinajstić information content (AvgIpc) is 2.75. The van der Waals surface area contributed by atoms with Gasteiger partial charge in [-0.05, 0) is 64.3 Å². The number of phenolic OH excluding ortho intramolecular Hbond substituents is 1. The third-order valence-corrected chi connectivity index (χ3v) is 6.14. The number of rotatable bonds is 4. The molecular weight excluding hydrogens is 464 g/mol. The number of nitrogens with zero attached hydrogens (tertiary/aromatic N) is 1. The first-order valence-electron chi connectivity index (χ1n) is 9.66. The molecule has 0 spiro atoms. The van der Waals surface area contributed by atoms with E-state index in [1.807, 2.05) is 24.3 Å². The smallest absolute Gasteiger partial charge is 0.133 e. The number of halogens is 2. The number of hydrogen-bond donors (Lipinski definition) is 2. The average molecular weight is 486 g/mol. The highest BCUT2D eigenvalue weighted by Crippen LogP contribution is 2.37. The van der Waals surface area contributed by atoms with Crippen LogP contribution in [-0.4, -0.2) is 17.9 Å². The van der Waals surface area contributed by atoms with E-state index in [-0.39, 0.29) is 18.0 Å². The third kappa shape index (κ3) is 4.38. The molecule has 0 bridgehead atoms. The topological polar surface area (TPSA) is 53.9 Å². The maximum absolute atomic E-state index is 10.5. The summed E-state index contributed by atoms with van der Waals surface area (Å²) in [7, 11) is 1.64. The summed E-state index contributed by atoms with van der Waals surface area (Å²) in [4.78, 5) is 5.01. The summed E-state index contributed by atoms with van der Waals surface area (Å²) >= 11 is 9.79. The molecule has 1 aliphatic heterocycles. The Hall–Kier alpha value is -2.34. The molecule has 1 heterocycles.